The highest BCUT2D eigenvalue weighted by molar-refractivity contribution is 5.89. The third-order valence-electron chi connectivity index (χ3n) is 4.48. The maximum atomic E-state index is 12.5. The average molecular weight is 387 g/mol. The van der Waals surface area contributed by atoms with Crippen LogP contribution in [0.15, 0.2) is 57.3 Å². The van der Waals surface area contributed by atoms with E-state index in [1.807, 2.05) is 0 Å². The molecule has 1 fully saturated rings. The summed E-state index contributed by atoms with van der Waals surface area (Å²) in [5, 5.41) is 14.3. The summed E-state index contributed by atoms with van der Waals surface area (Å²) in [6, 6.07) is 9.11. The van der Waals surface area contributed by atoms with E-state index in [0.717, 1.165) is 16.8 Å². The Morgan fingerprint density at radius 1 is 1.39 bits per heavy atom. The lowest BCUT2D eigenvalue weighted by atomic mass is 10.0. The Kier molecular flexibility index (Phi) is 5.32. The van der Waals surface area contributed by atoms with Gasteiger partial charge in [-0.05, 0) is 24.1 Å². The van der Waals surface area contributed by atoms with Gasteiger partial charge in [-0.3, -0.25) is 14.3 Å². The van der Waals surface area contributed by atoms with E-state index in [4.69, 9.17) is 15.0 Å². The number of nitrogens with zero attached hydrogens (tertiary/aromatic N) is 4. The van der Waals surface area contributed by atoms with Crippen LogP contribution in [0.2, 0.25) is 0 Å². The molecule has 2 heterocycles. The molecule has 11 heteroatoms. The van der Waals surface area contributed by atoms with Crippen LogP contribution in [0, 0.1) is 0 Å². The van der Waals surface area contributed by atoms with Crippen LogP contribution in [-0.2, 0) is 9.47 Å². The van der Waals surface area contributed by atoms with Crippen LogP contribution in [0.25, 0.3) is 10.4 Å². The molecule has 1 aliphatic heterocycles. The summed E-state index contributed by atoms with van der Waals surface area (Å²) in [4.78, 5) is 40.8. The minimum Gasteiger partial charge on any atom is -0.451 e. The average Bonchev–Trinajstić information content (AvgIpc) is 2.95. The number of aromatic nitrogens is 2. The first-order chi connectivity index (χ1) is 13.4. The smallest absolute Gasteiger partial charge is 0.338 e. The molecule has 0 amide bonds. The zero-order valence-electron chi connectivity index (χ0n) is 14.8. The van der Waals surface area contributed by atoms with Gasteiger partial charge in [0.25, 0.3) is 5.56 Å². The number of aliphatic hydroxyl groups excluding tert-OH is 1. The fraction of sp³-hybridized carbons (Fsp3) is 0.353. The predicted molar refractivity (Wildman–Crippen MR) is 95.3 cm³/mol. The number of carbonyl (C=O) groups is 1. The molecule has 0 saturated carbocycles. The van der Waals surface area contributed by atoms with Gasteiger partial charge in [-0.2, -0.15) is 0 Å². The lowest BCUT2D eigenvalue weighted by Gasteiger charge is -2.25. The van der Waals surface area contributed by atoms with Crippen molar-refractivity contribution in [3.8, 4) is 0 Å². The first-order valence-electron chi connectivity index (χ1n) is 8.41. The third kappa shape index (κ3) is 3.41. The number of benzene rings is 1. The highest BCUT2D eigenvalue weighted by Gasteiger charge is 2.56. The van der Waals surface area contributed by atoms with Crippen molar-refractivity contribution in [3.63, 3.8) is 0 Å². The lowest BCUT2D eigenvalue weighted by molar-refractivity contribution is -0.103. The minimum absolute atomic E-state index is 0.0478. The number of rotatable bonds is 5. The van der Waals surface area contributed by atoms with Crippen LogP contribution in [0.5, 0.6) is 0 Å². The van der Waals surface area contributed by atoms with Crippen molar-refractivity contribution in [2.45, 2.75) is 37.5 Å². The van der Waals surface area contributed by atoms with Gasteiger partial charge in [-0.15, -0.1) is 0 Å². The molecule has 1 aromatic heterocycles. The van der Waals surface area contributed by atoms with E-state index >= 15 is 0 Å². The van der Waals surface area contributed by atoms with Gasteiger partial charge in [0.15, 0.2) is 18.1 Å². The molecule has 1 unspecified atom stereocenters. The number of hydrogen-bond acceptors (Lipinski definition) is 7. The number of H-pyrrole nitrogens is 1. The van der Waals surface area contributed by atoms with Crippen LogP contribution >= 0.6 is 0 Å². The summed E-state index contributed by atoms with van der Waals surface area (Å²) >= 11 is 0. The molecule has 146 valence electrons. The van der Waals surface area contributed by atoms with E-state index in [2.05, 4.69) is 15.0 Å². The van der Waals surface area contributed by atoms with Gasteiger partial charge >= 0.3 is 11.7 Å². The molecule has 0 aliphatic carbocycles. The van der Waals surface area contributed by atoms with Gasteiger partial charge in [0.05, 0.1) is 5.56 Å². The minimum atomic E-state index is -1.75. The van der Waals surface area contributed by atoms with Crippen LogP contribution < -0.4 is 11.2 Å². The summed E-state index contributed by atoms with van der Waals surface area (Å²) < 4.78 is 12.1. The topological polar surface area (TPSA) is 159 Å². The Morgan fingerprint density at radius 3 is 2.71 bits per heavy atom. The number of ether oxygens (including phenoxy) is 2. The Bertz CT molecular complexity index is 1030. The summed E-state index contributed by atoms with van der Waals surface area (Å²) in [5.41, 5.74) is 5.88. The second kappa shape index (κ2) is 7.69. The maximum absolute atomic E-state index is 12.5. The summed E-state index contributed by atoms with van der Waals surface area (Å²) in [6.07, 6.45) is -3.06. The zero-order chi connectivity index (χ0) is 20.3. The van der Waals surface area contributed by atoms with E-state index in [0.29, 0.717) is 0 Å². The molecule has 1 saturated heterocycles. The van der Waals surface area contributed by atoms with Gasteiger partial charge in [0.1, 0.15) is 6.10 Å². The van der Waals surface area contributed by atoms with Crippen LogP contribution in [0.3, 0.4) is 0 Å². The van der Waals surface area contributed by atoms with E-state index < -0.39 is 41.4 Å². The van der Waals surface area contributed by atoms with Gasteiger partial charge < -0.3 is 14.6 Å². The SMILES string of the molecule is CC[C@@]1(N=[N+]=[N-])OC(n2ccc(=O)[nH]c2=O)[C@H](OC(=O)c2ccccc2)[C@@H]1O. The Morgan fingerprint density at radius 2 is 2.11 bits per heavy atom. The number of nitrogens with one attached hydrogen (secondary N) is 1. The quantitative estimate of drug-likeness (QED) is 0.338. The summed E-state index contributed by atoms with van der Waals surface area (Å²) in [5.74, 6) is -0.761. The zero-order valence-corrected chi connectivity index (χ0v) is 14.8. The van der Waals surface area contributed by atoms with Crippen molar-refractivity contribution in [2.75, 3.05) is 0 Å². The van der Waals surface area contributed by atoms with Crippen molar-refractivity contribution >= 4 is 5.97 Å². The first-order valence-corrected chi connectivity index (χ1v) is 8.41. The van der Waals surface area contributed by atoms with Crippen molar-refractivity contribution < 1.29 is 19.4 Å². The monoisotopic (exact) mass is 387 g/mol. The summed E-state index contributed by atoms with van der Waals surface area (Å²) in [6.45, 7) is 1.60. The van der Waals surface area contributed by atoms with Gasteiger partial charge in [-0.1, -0.05) is 30.2 Å². The van der Waals surface area contributed by atoms with Gasteiger partial charge in [0, 0.05) is 17.2 Å². The number of carbonyl (C=O) groups excluding carboxylic acids is 1. The fourth-order valence-electron chi connectivity index (χ4n) is 3.01. The lowest BCUT2D eigenvalue weighted by Crippen LogP contribution is -2.43. The molecule has 3 rings (SSSR count). The standard InChI is InChI=1S/C17H17N5O6/c1-2-17(20-21-18)13(24)12(27-15(25)10-6-4-3-5-7-10)14(28-17)22-9-8-11(23)19-16(22)26/h3-9,12-14,24H,2H2,1H3,(H,19,23,26)/t12-,13+,14?,17-/m1/s1. The van der Waals surface area contributed by atoms with Gasteiger partial charge in [0.2, 0.25) is 0 Å². The number of aliphatic hydroxyl groups is 1. The van der Waals surface area contributed by atoms with E-state index in [9.17, 15) is 19.5 Å². The summed E-state index contributed by atoms with van der Waals surface area (Å²) in [7, 11) is 0. The molecule has 1 aromatic carbocycles. The van der Waals surface area contributed by atoms with E-state index in [-0.39, 0.29) is 12.0 Å². The van der Waals surface area contributed by atoms with Crippen LogP contribution in [0.1, 0.15) is 29.9 Å². The van der Waals surface area contributed by atoms with E-state index in [1.54, 1.807) is 25.1 Å². The molecule has 0 bridgehead atoms. The molecule has 1 aliphatic rings. The van der Waals surface area contributed by atoms with Crippen molar-refractivity contribution in [1.29, 1.82) is 0 Å². The fourth-order valence-corrected chi connectivity index (χ4v) is 3.01. The molecule has 2 aromatic rings. The van der Waals surface area contributed by atoms with Crippen molar-refractivity contribution in [2.24, 2.45) is 5.11 Å². The van der Waals surface area contributed by atoms with Crippen molar-refractivity contribution in [1.82, 2.24) is 9.55 Å². The largest absolute Gasteiger partial charge is 0.451 e. The molecule has 2 N–H and O–H groups in total. The maximum Gasteiger partial charge on any atom is 0.338 e. The Hall–Kier alpha value is -3.40. The molecule has 11 nitrogen and oxygen atoms in total. The molecular formula is C17H17N5O6. The predicted octanol–water partition coefficient (Wildman–Crippen LogP) is 1.07. The second-order valence-electron chi connectivity index (χ2n) is 6.09. The molecule has 28 heavy (non-hydrogen) atoms. The molecule has 0 spiro atoms. The van der Waals surface area contributed by atoms with Crippen molar-refractivity contribution in [3.05, 3.63) is 79.4 Å². The number of esters is 1. The third-order valence-corrected chi connectivity index (χ3v) is 4.48. The first kappa shape index (κ1) is 19.4. The Labute approximate surface area is 157 Å². The number of azide groups is 1. The molecular weight excluding hydrogens is 370 g/mol. The Balaban J connectivity index is 2.03. The normalized spacial score (nSPS) is 26.4. The van der Waals surface area contributed by atoms with Gasteiger partial charge in [-0.25, -0.2) is 9.59 Å². The molecule has 4 atom stereocenters. The highest BCUT2D eigenvalue weighted by atomic mass is 16.6. The van der Waals surface area contributed by atoms with Crippen LogP contribution in [0.4, 0.5) is 0 Å². The second-order valence-corrected chi connectivity index (χ2v) is 6.09. The number of hydrogen-bond donors (Lipinski definition) is 2. The van der Waals surface area contributed by atoms with Crippen LogP contribution in [-0.4, -0.2) is 38.6 Å². The molecule has 0 radical (unpaired) electrons. The number of aromatic amines is 1. The van der Waals surface area contributed by atoms with E-state index in [1.165, 1.54) is 12.1 Å². The highest BCUT2D eigenvalue weighted by Crippen LogP contribution is 2.41.